The molecule has 1 amide bonds. The number of hydrogen-bond acceptors (Lipinski definition) is 6. The van der Waals surface area contributed by atoms with Gasteiger partial charge >= 0.3 is 5.69 Å². The molecule has 2 aliphatic rings. The van der Waals surface area contributed by atoms with Gasteiger partial charge in [-0.3, -0.25) is 19.7 Å². The summed E-state index contributed by atoms with van der Waals surface area (Å²) in [5, 5.41) is 25.1. The number of aromatic hydroxyl groups is 1. The summed E-state index contributed by atoms with van der Waals surface area (Å²) in [5.74, 6) is -1.91. The Kier molecular flexibility index (Phi) is 5.88. The summed E-state index contributed by atoms with van der Waals surface area (Å²) in [7, 11) is 0. The fourth-order valence-electron chi connectivity index (χ4n) is 4.49. The number of rotatable bonds is 5. The Labute approximate surface area is 189 Å². The highest BCUT2D eigenvalue weighted by Crippen LogP contribution is 2.46. The van der Waals surface area contributed by atoms with E-state index in [2.05, 4.69) is 5.32 Å². The van der Waals surface area contributed by atoms with Crippen LogP contribution in [-0.2, 0) is 9.59 Å². The summed E-state index contributed by atoms with van der Waals surface area (Å²) in [6.45, 7) is 1.87. The fourth-order valence-corrected chi connectivity index (χ4v) is 4.78. The molecule has 2 aromatic carbocycles. The van der Waals surface area contributed by atoms with Gasteiger partial charge in [-0.25, -0.2) is 0 Å². The minimum absolute atomic E-state index is 0.0329. The SMILES string of the molecule is CCOc1cc([C@@H]2CC(=O)NC3=C2C(=O)C[C@H](c2ccccc2Cl)C3)cc([N+](=O)[O-])c1O. The van der Waals surface area contributed by atoms with E-state index in [4.69, 9.17) is 16.3 Å². The third-order valence-electron chi connectivity index (χ3n) is 5.86. The number of phenolic OH excluding ortho intramolecular Hbond substituents is 1. The molecule has 0 aromatic heterocycles. The van der Waals surface area contributed by atoms with Crippen LogP contribution < -0.4 is 10.1 Å². The number of phenols is 1. The first kappa shape index (κ1) is 21.8. The number of ether oxygens (including phenoxy) is 1. The highest BCUT2D eigenvalue weighted by atomic mass is 35.5. The van der Waals surface area contributed by atoms with Gasteiger partial charge in [0.25, 0.3) is 0 Å². The molecular weight excluding hydrogens is 436 g/mol. The van der Waals surface area contributed by atoms with Crippen LogP contribution in [0.15, 0.2) is 47.7 Å². The Morgan fingerprint density at radius 1 is 1.22 bits per heavy atom. The van der Waals surface area contributed by atoms with Crippen LogP contribution in [0.2, 0.25) is 5.02 Å². The molecule has 2 aromatic rings. The number of amides is 1. The standard InChI is InChI=1S/C23H21ClN2O6/c1-2-32-20-10-13(8-18(23(20)29)26(30)31)15-11-21(28)25-17-7-12(9-19(27)22(15)17)14-5-3-4-6-16(14)24/h3-6,8,10,12,15,29H,2,7,9,11H2,1H3,(H,25,28)/t12-,15+/m1/s1. The molecule has 1 aliphatic heterocycles. The maximum atomic E-state index is 13.2. The van der Waals surface area contributed by atoms with Crippen LogP contribution in [0.3, 0.4) is 0 Å². The molecule has 0 unspecified atom stereocenters. The van der Waals surface area contributed by atoms with Gasteiger partial charge in [0.2, 0.25) is 11.7 Å². The monoisotopic (exact) mass is 456 g/mol. The molecular formula is C23H21ClN2O6. The summed E-state index contributed by atoms with van der Waals surface area (Å²) in [4.78, 5) is 36.5. The van der Waals surface area contributed by atoms with E-state index in [9.17, 15) is 24.8 Å². The highest BCUT2D eigenvalue weighted by molar-refractivity contribution is 6.31. The summed E-state index contributed by atoms with van der Waals surface area (Å²) in [6, 6.07) is 9.96. The van der Waals surface area contributed by atoms with Crippen molar-refractivity contribution < 1.29 is 24.4 Å². The summed E-state index contributed by atoms with van der Waals surface area (Å²) in [6.07, 6.45) is 0.605. The number of carbonyl (C=O) groups is 2. The molecule has 2 atom stereocenters. The van der Waals surface area contributed by atoms with Crippen LogP contribution in [0.25, 0.3) is 0 Å². The van der Waals surface area contributed by atoms with Crippen LogP contribution >= 0.6 is 11.6 Å². The van der Waals surface area contributed by atoms with Crippen LogP contribution in [0.5, 0.6) is 11.5 Å². The number of ketones is 1. The van der Waals surface area contributed by atoms with Crippen molar-refractivity contribution in [3.8, 4) is 11.5 Å². The first-order chi connectivity index (χ1) is 15.3. The summed E-state index contributed by atoms with van der Waals surface area (Å²) in [5.41, 5.74) is 1.64. The van der Waals surface area contributed by atoms with Crippen molar-refractivity contribution in [1.29, 1.82) is 0 Å². The molecule has 1 aliphatic carbocycles. The molecule has 1 heterocycles. The van der Waals surface area contributed by atoms with Gasteiger partial charge in [-0.1, -0.05) is 29.8 Å². The molecule has 0 saturated carbocycles. The predicted molar refractivity (Wildman–Crippen MR) is 117 cm³/mol. The molecule has 2 N–H and O–H groups in total. The molecule has 0 saturated heterocycles. The Hall–Kier alpha value is -3.39. The van der Waals surface area contributed by atoms with Crippen molar-refractivity contribution in [2.24, 2.45) is 0 Å². The number of benzene rings is 2. The Balaban J connectivity index is 1.79. The van der Waals surface area contributed by atoms with Crippen molar-refractivity contribution in [3.05, 3.63) is 73.9 Å². The number of Topliss-reactive ketones (excluding diaryl/α,β-unsaturated/α-hetero) is 1. The van der Waals surface area contributed by atoms with Crippen LogP contribution in [0.4, 0.5) is 5.69 Å². The lowest BCUT2D eigenvalue weighted by Crippen LogP contribution is -2.38. The predicted octanol–water partition coefficient (Wildman–Crippen LogP) is 4.36. The molecule has 0 spiro atoms. The van der Waals surface area contributed by atoms with Gasteiger partial charge in [0.15, 0.2) is 11.5 Å². The molecule has 9 heteroatoms. The molecule has 4 rings (SSSR count). The second kappa shape index (κ2) is 8.63. The first-order valence-electron chi connectivity index (χ1n) is 10.2. The summed E-state index contributed by atoms with van der Waals surface area (Å²) >= 11 is 6.33. The van der Waals surface area contributed by atoms with Crippen LogP contribution in [0, 0.1) is 10.1 Å². The second-order valence-electron chi connectivity index (χ2n) is 7.82. The van der Waals surface area contributed by atoms with Crippen LogP contribution in [0.1, 0.15) is 49.1 Å². The zero-order valence-corrected chi connectivity index (χ0v) is 18.0. The van der Waals surface area contributed by atoms with E-state index in [1.807, 2.05) is 18.2 Å². The van der Waals surface area contributed by atoms with E-state index in [0.717, 1.165) is 5.56 Å². The van der Waals surface area contributed by atoms with Crippen LogP contribution in [-0.4, -0.2) is 28.3 Å². The van der Waals surface area contributed by atoms with E-state index in [1.165, 1.54) is 12.1 Å². The molecule has 166 valence electrons. The van der Waals surface area contributed by atoms with Gasteiger partial charge in [0.05, 0.1) is 11.5 Å². The average Bonchev–Trinajstić information content (AvgIpc) is 2.74. The van der Waals surface area contributed by atoms with E-state index in [1.54, 1.807) is 13.0 Å². The normalized spacial score (nSPS) is 20.6. The highest BCUT2D eigenvalue weighted by Gasteiger charge is 2.39. The molecule has 0 bridgehead atoms. The van der Waals surface area contributed by atoms with Crippen molar-refractivity contribution in [2.45, 2.75) is 38.0 Å². The average molecular weight is 457 g/mol. The maximum Gasteiger partial charge on any atom is 0.314 e. The number of nitro benzene ring substituents is 1. The van der Waals surface area contributed by atoms with E-state index < -0.39 is 22.3 Å². The minimum atomic E-state index is -0.713. The van der Waals surface area contributed by atoms with E-state index in [0.29, 0.717) is 28.3 Å². The zero-order valence-electron chi connectivity index (χ0n) is 17.3. The maximum absolute atomic E-state index is 13.2. The quantitative estimate of drug-likeness (QED) is 0.509. The van der Waals surface area contributed by atoms with Gasteiger partial charge < -0.3 is 15.2 Å². The second-order valence-corrected chi connectivity index (χ2v) is 8.23. The first-order valence-corrected chi connectivity index (χ1v) is 10.6. The van der Waals surface area contributed by atoms with Crippen molar-refractivity contribution >= 4 is 29.0 Å². The number of carbonyl (C=O) groups excluding carboxylic acids is 2. The van der Waals surface area contributed by atoms with Gasteiger partial charge in [0.1, 0.15) is 0 Å². The zero-order chi connectivity index (χ0) is 23.0. The Morgan fingerprint density at radius 2 is 1.97 bits per heavy atom. The number of hydrogen-bond donors (Lipinski definition) is 2. The topological polar surface area (TPSA) is 119 Å². The number of nitro groups is 1. The lowest BCUT2D eigenvalue weighted by molar-refractivity contribution is -0.386. The Morgan fingerprint density at radius 3 is 2.66 bits per heavy atom. The number of nitrogens with one attached hydrogen (secondary N) is 1. The summed E-state index contributed by atoms with van der Waals surface area (Å²) < 4.78 is 5.37. The van der Waals surface area contributed by atoms with E-state index >= 15 is 0 Å². The van der Waals surface area contributed by atoms with Gasteiger partial charge in [-0.15, -0.1) is 0 Å². The van der Waals surface area contributed by atoms with Gasteiger partial charge in [-0.2, -0.15) is 0 Å². The lowest BCUT2D eigenvalue weighted by atomic mass is 9.73. The van der Waals surface area contributed by atoms with E-state index in [-0.39, 0.29) is 42.8 Å². The third-order valence-corrected chi connectivity index (χ3v) is 6.20. The number of halogens is 1. The minimum Gasteiger partial charge on any atom is -0.500 e. The number of allylic oxidation sites excluding steroid dienone is 2. The van der Waals surface area contributed by atoms with Gasteiger partial charge in [-0.05, 0) is 42.5 Å². The Bertz CT molecular complexity index is 1160. The van der Waals surface area contributed by atoms with Crippen molar-refractivity contribution in [3.63, 3.8) is 0 Å². The molecule has 0 fully saturated rings. The largest absolute Gasteiger partial charge is 0.500 e. The van der Waals surface area contributed by atoms with Gasteiger partial charge in [0, 0.05) is 41.1 Å². The van der Waals surface area contributed by atoms with Crippen molar-refractivity contribution in [2.75, 3.05) is 6.61 Å². The third kappa shape index (κ3) is 3.93. The van der Waals surface area contributed by atoms with Crippen molar-refractivity contribution in [1.82, 2.24) is 5.32 Å². The number of nitrogens with zero attached hydrogens (tertiary/aromatic N) is 1. The molecule has 8 nitrogen and oxygen atoms in total. The lowest BCUT2D eigenvalue weighted by Gasteiger charge is -2.34. The molecule has 32 heavy (non-hydrogen) atoms. The molecule has 0 radical (unpaired) electrons. The smallest absolute Gasteiger partial charge is 0.314 e. The fraction of sp³-hybridized carbons (Fsp3) is 0.304.